The first-order chi connectivity index (χ1) is 17.1. The number of rotatable bonds is 10. The number of allylic oxidation sites excluding steroid dienone is 3. The van der Waals surface area contributed by atoms with Gasteiger partial charge in [-0.2, -0.15) is 0 Å². The summed E-state index contributed by atoms with van der Waals surface area (Å²) in [5, 5.41) is 0.446. The first kappa shape index (κ1) is 32.1. The molecule has 0 unspecified atom stereocenters. The zero-order chi connectivity index (χ0) is 27.3. The normalized spacial score (nSPS) is 15.1. The summed E-state index contributed by atoms with van der Waals surface area (Å²) in [5.41, 5.74) is 6.95. The third-order valence-corrected chi connectivity index (χ3v) is 7.45. The fourth-order valence-electron chi connectivity index (χ4n) is 4.41. The molecular formula is C29H43BrClN3O2. The Morgan fingerprint density at radius 1 is 1.19 bits per heavy atom. The Labute approximate surface area is 231 Å². The fourth-order valence-corrected chi connectivity index (χ4v) is 4.79. The van der Waals surface area contributed by atoms with E-state index in [4.69, 9.17) is 17.3 Å². The van der Waals surface area contributed by atoms with Crippen LogP contribution in [0.2, 0.25) is 0 Å². The summed E-state index contributed by atoms with van der Waals surface area (Å²) in [6, 6.07) is 9.01. The number of primary amides is 1. The highest BCUT2D eigenvalue weighted by atomic mass is 79.9. The number of amides is 2. The van der Waals surface area contributed by atoms with E-state index >= 15 is 0 Å². The lowest BCUT2D eigenvalue weighted by atomic mass is 9.98. The van der Waals surface area contributed by atoms with E-state index < -0.39 is 5.91 Å². The molecule has 0 aliphatic carbocycles. The average molecular weight is 581 g/mol. The van der Waals surface area contributed by atoms with Crippen molar-refractivity contribution in [3.63, 3.8) is 0 Å². The predicted molar refractivity (Wildman–Crippen MR) is 156 cm³/mol. The quantitative estimate of drug-likeness (QED) is 0.238. The lowest BCUT2D eigenvalue weighted by Crippen LogP contribution is -2.50. The van der Waals surface area contributed by atoms with Gasteiger partial charge in [0.2, 0.25) is 5.91 Å². The Hall–Kier alpha value is -1.89. The molecule has 1 aromatic rings. The van der Waals surface area contributed by atoms with Crippen molar-refractivity contribution in [2.45, 2.75) is 78.8 Å². The number of hydrogen-bond acceptors (Lipinski definition) is 3. The lowest BCUT2D eigenvalue weighted by molar-refractivity contribution is -0.114. The van der Waals surface area contributed by atoms with E-state index in [0.29, 0.717) is 28.3 Å². The van der Waals surface area contributed by atoms with Crippen LogP contribution in [0.3, 0.4) is 0 Å². The minimum Gasteiger partial charge on any atom is -0.366 e. The maximum Gasteiger partial charge on any atom is 0.253 e. The van der Waals surface area contributed by atoms with E-state index in [1.807, 2.05) is 29.2 Å². The minimum atomic E-state index is -0.489. The molecule has 7 heteroatoms. The number of nitrogens with two attached hydrogens (primary N) is 1. The first-order valence-electron chi connectivity index (χ1n) is 12.9. The Bertz CT molecular complexity index is 915. The Kier molecular flexibility index (Phi) is 15.0. The lowest BCUT2D eigenvalue weighted by Gasteiger charge is -2.42. The second-order valence-electron chi connectivity index (χ2n) is 9.12. The fraction of sp³-hybridized carbons (Fsp3) is 0.517. The molecule has 5 nitrogen and oxygen atoms in total. The molecular weight excluding hydrogens is 538 g/mol. The van der Waals surface area contributed by atoms with Gasteiger partial charge in [-0.15, -0.1) is 0 Å². The second-order valence-corrected chi connectivity index (χ2v) is 10.4. The third-order valence-electron chi connectivity index (χ3n) is 6.49. The molecule has 1 aromatic carbocycles. The smallest absolute Gasteiger partial charge is 0.253 e. The molecule has 200 valence electrons. The van der Waals surface area contributed by atoms with Crippen LogP contribution in [0.4, 0.5) is 0 Å². The van der Waals surface area contributed by atoms with Gasteiger partial charge in [0.25, 0.3) is 5.91 Å². The largest absolute Gasteiger partial charge is 0.366 e. The molecule has 1 saturated heterocycles. The summed E-state index contributed by atoms with van der Waals surface area (Å²) in [7, 11) is 0. The zero-order valence-corrected chi connectivity index (χ0v) is 24.9. The van der Waals surface area contributed by atoms with Gasteiger partial charge in [0, 0.05) is 45.8 Å². The molecule has 2 rings (SSSR count). The van der Waals surface area contributed by atoms with Crippen LogP contribution >= 0.6 is 27.5 Å². The van der Waals surface area contributed by atoms with Crippen LogP contribution in [0.15, 0.2) is 63.6 Å². The van der Waals surface area contributed by atoms with Gasteiger partial charge in [0.15, 0.2) is 0 Å². The van der Waals surface area contributed by atoms with Gasteiger partial charge in [-0.3, -0.25) is 14.5 Å². The number of likely N-dealkylation sites (tertiary alicyclic amines) is 1. The maximum atomic E-state index is 12.7. The van der Waals surface area contributed by atoms with Crippen molar-refractivity contribution in [2.24, 2.45) is 5.73 Å². The summed E-state index contributed by atoms with van der Waals surface area (Å²) >= 11 is 9.17. The summed E-state index contributed by atoms with van der Waals surface area (Å²) in [6.07, 6.45) is 8.94. The van der Waals surface area contributed by atoms with E-state index in [2.05, 4.69) is 48.2 Å². The molecule has 0 saturated carbocycles. The second kappa shape index (κ2) is 16.8. The summed E-state index contributed by atoms with van der Waals surface area (Å²) < 4.78 is 1.01. The van der Waals surface area contributed by atoms with Crippen molar-refractivity contribution in [1.29, 1.82) is 0 Å². The number of carbonyl (C=O) groups is 2. The van der Waals surface area contributed by atoms with E-state index in [1.54, 1.807) is 19.9 Å². The Morgan fingerprint density at radius 3 is 2.17 bits per heavy atom. The maximum absolute atomic E-state index is 12.7. The Morgan fingerprint density at radius 2 is 1.75 bits per heavy atom. The highest BCUT2D eigenvalue weighted by Gasteiger charge is 2.29. The van der Waals surface area contributed by atoms with Crippen LogP contribution in [0.1, 0.15) is 77.1 Å². The van der Waals surface area contributed by atoms with Crippen LogP contribution in [0, 0.1) is 0 Å². The molecule has 0 bridgehead atoms. The molecule has 36 heavy (non-hydrogen) atoms. The van der Waals surface area contributed by atoms with Crippen molar-refractivity contribution in [3.05, 3.63) is 69.2 Å². The first-order valence-corrected chi connectivity index (χ1v) is 14.1. The molecule has 2 N–H and O–H groups in total. The number of piperidine rings is 1. The van der Waals surface area contributed by atoms with Crippen molar-refractivity contribution >= 4 is 39.3 Å². The molecule has 2 amide bonds. The van der Waals surface area contributed by atoms with Crippen molar-refractivity contribution in [1.82, 2.24) is 9.80 Å². The topological polar surface area (TPSA) is 66.6 Å². The zero-order valence-electron chi connectivity index (χ0n) is 22.5. The molecule has 0 atom stereocenters. The summed E-state index contributed by atoms with van der Waals surface area (Å²) in [6.45, 7) is 16.9. The third kappa shape index (κ3) is 10.2. The van der Waals surface area contributed by atoms with Crippen LogP contribution in [-0.2, 0) is 4.79 Å². The van der Waals surface area contributed by atoms with Crippen molar-refractivity contribution in [2.75, 3.05) is 19.6 Å². The number of nitrogens with zero attached hydrogens (tertiary/aromatic N) is 2. The van der Waals surface area contributed by atoms with Crippen molar-refractivity contribution < 1.29 is 9.59 Å². The van der Waals surface area contributed by atoms with Crippen LogP contribution in [-0.4, -0.2) is 53.3 Å². The molecule has 0 radical (unpaired) electrons. The van der Waals surface area contributed by atoms with Gasteiger partial charge in [0.1, 0.15) is 0 Å². The number of carbonyl (C=O) groups excluding carboxylic acids is 2. The van der Waals surface area contributed by atoms with E-state index in [1.165, 1.54) is 31.9 Å². The van der Waals surface area contributed by atoms with Gasteiger partial charge in [-0.1, -0.05) is 61.0 Å². The number of halogens is 2. The number of hydrogen-bond donors (Lipinski definition) is 1. The van der Waals surface area contributed by atoms with Crippen LogP contribution in [0.5, 0.6) is 0 Å². The molecule has 1 heterocycles. The number of benzene rings is 1. The SMILES string of the molecule is C=C(C)/C(Cl)=C\C(=C/C)C(N)=O.CCCN(C(CC)CC)C1CCN(C(=O)c2ccc(Br)cc2)CC1. The van der Waals surface area contributed by atoms with Crippen molar-refractivity contribution in [3.8, 4) is 0 Å². The Balaban J connectivity index is 0.000000457. The van der Waals surface area contributed by atoms with E-state index in [0.717, 1.165) is 36.0 Å². The van der Waals surface area contributed by atoms with Gasteiger partial charge in [-0.05, 0) is 88.4 Å². The van der Waals surface area contributed by atoms with E-state index in [-0.39, 0.29) is 5.91 Å². The van der Waals surface area contributed by atoms with Crippen LogP contribution in [0.25, 0.3) is 0 Å². The molecule has 0 aromatic heterocycles. The van der Waals surface area contributed by atoms with E-state index in [9.17, 15) is 9.59 Å². The standard InChI is InChI=1S/C20H31BrN2O.C9H12ClNO/c1-4-13-23(18(5-2)6-3)19-11-14-22(15-12-19)20(24)16-7-9-17(21)10-8-16;1-4-7(9(11)12)5-8(10)6(2)3/h7-10,18-19H,4-6,11-15H2,1-3H3;4-5H,2H2,1,3H3,(H2,11,12)/b;7-4+,8-5+. The molecule has 1 fully saturated rings. The summed E-state index contributed by atoms with van der Waals surface area (Å²) in [5.74, 6) is -0.317. The van der Waals surface area contributed by atoms with Gasteiger partial charge >= 0.3 is 0 Å². The molecule has 0 spiro atoms. The van der Waals surface area contributed by atoms with Gasteiger partial charge in [-0.25, -0.2) is 0 Å². The van der Waals surface area contributed by atoms with Gasteiger partial charge in [0.05, 0.1) is 0 Å². The average Bonchev–Trinajstić information content (AvgIpc) is 2.87. The monoisotopic (exact) mass is 579 g/mol. The highest BCUT2D eigenvalue weighted by molar-refractivity contribution is 9.10. The van der Waals surface area contributed by atoms with Gasteiger partial charge < -0.3 is 10.6 Å². The summed E-state index contributed by atoms with van der Waals surface area (Å²) in [4.78, 5) is 28.1. The minimum absolute atomic E-state index is 0.172. The van der Waals surface area contributed by atoms with Crippen LogP contribution < -0.4 is 5.73 Å². The predicted octanol–water partition coefficient (Wildman–Crippen LogP) is 7.07. The molecule has 1 aliphatic rings. The molecule has 1 aliphatic heterocycles. The highest BCUT2D eigenvalue weighted by Crippen LogP contribution is 2.23.